The molecule has 1 aromatic carbocycles. The van der Waals surface area contributed by atoms with Crippen molar-refractivity contribution in [2.24, 2.45) is 5.92 Å². The second-order valence-corrected chi connectivity index (χ2v) is 4.18. The first-order chi connectivity index (χ1) is 7.63. The van der Waals surface area contributed by atoms with Gasteiger partial charge < -0.3 is 10.1 Å². The number of ether oxygens (including phenoxy) is 1. The molecule has 16 heavy (non-hydrogen) atoms. The van der Waals surface area contributed by atoms with Gasteiger partial charge in [0.15, 0.2) is 0 Å². The predicted molar refractivity (Wildman–Crippen MR) is 64.3 cm³/mol. The van der Waals surface area contributed by atoms with Crippen LogP contribution in [0, 0.1) is 5.92 Å². The van der Waals surface area contributed by atoms with Gasteiger partial charge in [0, 0.05) is 6.04 Å². The Labute approximate surface area is 96.8 Å². The van der Waals surface area contributed by atoms with E-state index in [1.807, 2.05) is 18.2 Å². The molecule has 1 N–H and O–H groups in total. The SMILES string of the molecule is COC(=O)NC(Cc1ccccc1)C(C)C. The Balaban J connectivity index is 2.62. The summed E-state index contributed by atoms with van der Waals surface area (Å²) in [5, 5.41) is 2.85. The molecule has 0 saturated heterocycles. The molecule has 0 fully saturated rings. The summed E-state index contributed by atoms with van der Waals surface area (Å²) in [7, 11) is 1.38. The van der Waals surface area contributed by atoms with Crippen LogP contribution in [0.3, 0.4) is 0 Å². The average Bonchev–Trinajstić information content (AvgIpc) is 2.29. The molecular weight excluding hydrogens is 202 g/mol. The molecule has 88 valence electrons. The molecular formula is C13H19NO2. The number of hydrogen-bond donors (Lipinski definition) is 1. The number of benzene rings is 1. The molecule has 1 unspecified atom stereocenters. The lowest BCUT2D eigenvalue weighted by Gasteiger charge is -2.21. The zero-order chi connectivity index (χ0) is 12.0. The highest BCUT2D eigenvalue weighted by Crippen LogP contribution is 2.10. The van der Waals surface area contributed by atoms with E-state index in [4.69, 9.17) is 0 Å². The fourth-order valence-electron chi connectivity index (χ4n) is 1.53. The van der Waals surface area contributed by atoms with Gasteiger partial charge in [-0.25, -0.2) is 4.79 Å². The maximum Gasteiger partial charge on any atom is 0.407 e. The third kappa shape index (κ3) is 3.93. The largest absolute Gasteiger partial charge is 0.453 e. The van der Waals surface area contributed by atoms with E-state index < -0.39 is 0 Å². The van der Waals surface area contributed by atoms with Crippen LogP contribution in [0.15, 0.2) is 30.3 Å². The molecule has 0 aliphatic rings. The first kappa shape index (κ1) is 12.6. The average molecular weight is 221 g/mol. The van der Waals surface area contributed by atoms with Crippen LogP contribution < -0.4 is 5.32 Å². The topological polar surface area (TPSA) is 38.3 Å². The van der Waals surface area contributed by atoms with Crippen LogP contribution in [0.4, 0.5) is 4.79 Å². The van der Waals surface area contributed by atoms with Gasteiger partial charge in [0.1, 0.15) is 0 Å². The monoisotopic (exact) mass is 221 g/mol. The number of amides is 1. The lowest BCUT2D eigenvalue weighted by Crippen LogP contribution is -2.40. The minimum atomic E-state index is -0.366. The van der Waals surface area contributed by atoms with Gasteiger partial charge in [-0.15, -0.1) is 0 Å². The normalized spacial score (nSPS) is 12.2. The van der Waals surface area contributed by atoms with Crippen molar-refractivity contribution in [1.29, 1.82) is 0 Å². The first-order valence-electron chi connectivity index (χ1n) is 5.52. The number of methoxy groups -OCH3 is 1. The van der Waals surface area contributed by atoms with Gasteiger partial charge in [0.25, 0.3) is 0 Å². The Morgan fingerprint density at radius 3 is 2.44 bits per heavy atom. The molecule has 0 aliphatic carbocycles. The quantitative estimate of drug-likeness (QED) is 0.848. The molecule has 0 bridgehead atoms. The van der Waals surface area contributed by atoms with Crippen LogP contribution >= 0.6 is 0 Å². The van der Waals surface area contributed by atoms with Crippen molar-refractivity contribution >= 4 is 6.09 Å². The summed E-state index contributed by atoms with van der Waals surface area (Å²) in [6.07, 6.45) is 0.461. The third-order valence-corrected chi connectivity index (χ3v) is 2.59. The molecule has 1 amide bonds. The van der Waals surface area contributed by atoms with Gasteiger partial charge >= 0.3 is 6.09 Å². The number of carbonyl (C=O) groups is 1. The zero-order valence-corrected chi connectivity index (χ0v) is 10.1. The number of rotatable bonds is 4. The van der Waals surface area contributed by atoms with Crippen molar-refractivity contribution in [1.82, 2.24) is 5.32 Å². The summed E-state index contributed by atoms with van der Waals surface area (Å²) in [4.78, 5) is 11.2. The standard InChI is InChI=1S/C13H19NO2/c1-10(2)12(14-13(15)16-3)9-11-7-5-4-6-8-11/h4-8,10,12H,9H2,1-3H3,(H,14,15). The fraction of sp³-hybridized carbons (Fsp3) is 0.462. The molecule has 3 nitrogen and oxygen atoms in total. The van der Waals surface area contributed by atoms with Gasteiger partial charge in [-0.3, -0.25) is 0 Å². The van der Waals surface area contributed by atoms with E-state index in [9.17, 15) is 4.79 Å². The molecule has 0 radical (unpaired) electrons. The molecule has 0 heterocycles. The number of carbonyl (C=O) groups excluding carboxylic acids is 1. The molecule has 0 aromatic heterocycles. The number of hydrogen-bond acceptors (Lipinski definition) is 2. The summed E-state index contributed by atoms with van der Waals surface area (Å²) < 4.78 is 4.62. The third-order valence-electron chi connectivity index (χ3n) is 2.59. The van der Waals surface area contributed by atoms with E-state index in [-0.39, 0.29) is 12.1 Å². The van der Waals surface area contributed by atoms with Crippen LogP contribution in [0.2, 0.25) is 0 Å². The van der Waals surface area contributed by atoms with Gasteiger partial charge in [-0.1, -0.05) is 44.2 Å². The Hall–Kier alpha value is -1.51. The number of alkyl carbamates (subject to hydrolysis) is 1. The van der Waals surface area contributed by atoms with Crippen LogP contribution in [0.1, 0.15) is 19.4 Å². The van der Waals surface area contributed by atoms with E-state index in [0.717, 1.165) is 6.42 Å². The second kappa shape index (κ2) is 6.16. The van der Waals surface area contributed by atoms with E-state index in [1.165, 1.54) is 12.7 Å². The minimum Gasteiger partial charge on any atom is -0.453 e. The highest BCUT2D eigenvalue weighted by molar-refractivity contribution is 5.67. The molecule has 3 heteroatoms. The van der Waals surface area contributed by atoms with Gasteiger partial charge in [-0.2, -0.15) is 0 Å². The molecule has 0 spiro atoms. The van der Waals surface area contributed by atoms with Crippen molar-refractivity contribution < 1.29 is 9.53 Å². The Kier molecular flexibility index (Phi) is 4.83. The van der Waals surface area contributed by atoms with E-state index in [0.29, 0.717) is 5.92 Å². The van der Waals surface area contributed by atoms with Crippen molar-refractivity contribution in [3.8, 4) is 0 Å². The molecule has 1 atom stereocenters. The minimum absolute atomic E-state index is 0.106. The van der Waals surface area contributed by atoms with Crippen LogP contribution in [-0.4, -0.2) is 19.2 Å². The smallest absolute Gasteiger partial charge is 0.407 e. The summed E-state index contributed by atoms with van der Waals surface area (Å²) in [6.45, 7) is 4.17. The highest BCUT2D eigenvalue weighted by atomic mass is 16.5. The summed E-state index contributed by atoms with van der Waals surface area (Å²) in [5.41, 5.74) is 1.22. The number of nitrogens with one attached hydrogen (secondary N) is 1. The lowest BCUT2D eigenvalue weighted by atomic mass is 9.97. The fourth-order valence-corrected chi connectivity index (χ4v) is 1.53. The maximum atomic E-state index is 11.2. The van der Waals surface area contributed by atoms with Crippen molar-refractivity contribution in [2.45, 2.75) is 26.3 Å². The Morgan fingerprint density at radius 2 is 1.94 bits per heavy atom. The van der Waals surface area contributed by atoms with Crippen LogP contribution in [0.5, 0.6) is 0 Å². The van der Waals surface area contributed by atoms with Crippen molar-refractivity contribution in [3.05, 3.63) is 35.9 Å². The van der Waals surface area contributed by atoms with Crippen LogP contribution in [0.25, 0.3) is 0 Å². The zero-order valence-electron chi connectivity index (χ0n) is 10.1. The first-order valence-corrected chi connectivity index (χ1v) is 5.52. The molecule has 0 aliphatic heterocycles. The van der Waals surface area contributed by atoms with Crippen molar-refractivity contribution in [3.63, 3.8) is 0 Å². The second-order valence-electron chi connectivity index (χ2n) is 4.18. The van der Waals surface area contributed by atoms with E-state index in [1.54, 1.807) is 0 Å². The predicted octanol–water partition coefficient (Wildman–Crippen LogP) is 2.61. The Bertz CT molecular complexity index is 322. The summed E-state index contributed by atoms with van der Waals surface area (Å²) >= 11 is 0. The van der Waals surface area contributed by atoms with E-state index >= 15 is 0 Å². The maximum absolute atomic E-state index is 11.2. The van der Waals surface area contributed by atoms with E-state index in [2.05, 4.69) is 36.0 Å². The van der Waals surface area contributed by atoms with Gasteiger partial charge in [0.2, 0.25) is 0 Å². The highest BCUT2D eigenvalue weighted by Gasteiger charge is 2.16. The molecule has 1 rings (SSSR count). The summed E-state index contributed by atoms with van der Waals surface area (Å²) in [5.74, 6) is 0.374. The van der Waals surface area contributed by atoms with Gasteiger partial charge in [0.05, 0.1) is 7.11 Å². The molecule has 1 aromatic rings. The molecule has 0 saturated carbocycles. The van der Waals surface area contributed by atoms with Gasteiger partial charge in [-0.05, 0) is 17.9 Å². The van der Waals surface area contributed by atoms with Crippen molar-refractivity contribution in [2.75, 3.05) is 7.11 Å². The lowest BCUT2D eigenvalue weighted by molar-refractivity contribution is 0.163. The Morgan fingerprint density at radius 1 is 1.31 bits per heavy atom. The van der Waals surface area contributed by atoms with Crippen LogP contribution in [-0.2, 0) is 11.2 Å². The summed E-state index contributed by atoms with van der Waals surface area (Å²) in [6, 6.07) is 10.2.